The van der Waals surface area contributed by atoms with Crippen LogP contribution in [0.3, 0.4) is 0 Å². The monoisotopic (exact) mass is 250 g/mol. The van der Waals surface area contributed by atoms with Crippen LogP contribution in [0.5, 0.6) is 0 Å². The third-order valence-electron chi connectivity index (χ3n) is 3.69. The normalized spacial score (nSPS) is 19.5. The number of rotatable bonds is 4. The topological polar surface area (TPSA) is 16.1 Å². The van der Waals surface area contributed by atoms with Crippen LogP contribution in [0, 0.1) is 0 Å². The number of aromatic nitrogens is 1. The SMILES string of the molecule is C[C@H](Cc1ccccn1)N(C)C1CCSCC1. The molecular weight excluding hydrogens is 228 g/mol. The van der Waals surface area contributed by atoms with Crippen molar-refractivity contribution in [3.8, 4) is 0 Å². The van der Waals surface area contributed by atoms with Crippen molar-refractivity contribution in [2.45, 2.75) is 38.3 Å². The first-order valence-electron chi connectivity index (χ1n) is 6.47. The second kappa shape index (κ2) is 6.41. The molecule has 0 unspecified atom stereocenters. The predicted molar refractivity (Wildman–Crippen MR) is 75.5 cm³/mol. The van der Waals surface area contributed by atoms with Crippen LogP contribution < -0.4 is 0 Å². The van der Waals surface area contributed by atoms with Crippen LogP contribution >= 0.6 is 11.8 Å². The van der Waals surface area contributed by atoms with Crippen molar-refractivity contribution in [3.63, 3.8) is 0 Å². The van der Waals surface area contributed by atoms with Gasteiger partial charge in [-0.1, -0.05) is 6.07 Å². The molecule has 2 rings (SSSR count). The van der Waals surface area contributed by atoms with Crippen LogP contribution in [0.15, 0.2) is 24.4 Å². The van der Waals surface area contributed by atoms with Crippen molar-refractivity contribution in [1.82, 2.24) is 9.88 Å². The molecule has 3 heteroatoms. The highest BCUT2D eigenvalue weighted by Gasteiger charge is 2.22. The van der Waals surface area contributed by atoms with Gasteiger partial charge in [0.1, 0.15) is 0 Å². The summed E-state index contributed by atoms with van der Waals surface area (Å²) in [6.07, 6.45) is 5.63. The molecular formula is C14H22N2S. The first-order valence-corrected chi connectivity index (χ1v) is 7.62. The summed E-state index contributed by atoms with van der Waals surface area (Å²) in [6, 6.07) is 7.54. The Labute approximate surface area is 109 Å². The average molecular weight is 250 g/mol. The predicted octanol–water partition coefficient (Wildman–Crippen LogP) is 2.84. The van der Waals surface area contributed by atoms with Gasteiger partial charge in [-0.2, -0.15) is 11.8 Å². The third kappa shape index (κ3) is 3.71. The smallest absolute Gasteiger partial charge is 0.0419 e. The van der Waals surface area contributed by atoms with E-state index in [-0.39, 0.29) is 0 Å². The van der Waals surface area contributed by atoms with E-state index in [1.54, 1.807) is 0 Å². The van der Waals surface area contributed by atoms with Gasteiger partial charge in [-0.3, -0.25) is 4.98 Å². The number of thioether (sulfide) groups is 1. The van der Waals surface area contributed by atoms with E-state index < -0.39 is 0 Å². The summed E-state index contributed by atoms with van der Waals surface area (Å²) >= 11 is 2.09. The van der Waals surface area contributed by atoms with Gasteiger partial charge in [0, 0.05) is 30.4 Å². The van der Waals surface area contributed by atoms with E-state index in [1.807, 2.05) is 12.3 Å². The maximum Gasteiger partial charge on any atom is 0.0419 e. The van der Waals surface area contributed by atoms with Gasteiger partial charge in [0.05, 0.1) is 0 Å². The first-order chi connectivity index (χ1) is 8.27. The number of likely N-dealkylation sites (N-methyl/N-ethyl adjacent to an activating group) is 1. The molecule has 2 nitrogen and oxygen atoms in total. The summed E-state index contributed by atoms with van der Waals surface area (Å²) in [5, 5.41) is 0. The van der Waals surface area contributed by atoms with Crippen LogP contribution in [0.1, 0.15) is 25.5 Å². The third-order valence-corrected chi connectivity index (χ3v) is 4.74. The lowest BCUT2D eigenvalue weighted by molar-refractivity contribution is 0.172. The quantitative estimate of drug-likeness (QED) is 0.817. The zero-order chi connectivity index (χ0) is 12.1. The van der Waals surface area contributed by atoms with Crippen LogP contribution in [-0.2, 0) is 6.42 Å². The number of hydrogen-bond donors (Lipinski definition) is 0. The standard InChI is InChI=1S/C14H22N2S/c1-12(11-13-5-3-4-8-15-13)16(2)14-6-9-17-10-7-14/h3-5,8,12,14H,6-7,9-11H2,1-2H3/t12-/m1/s1. The second-order valence-corrected chi connectivity index (χ2v) is 6.11. The lowest BCUT2D eigenvalue weighted by atomic mass is 10.1. The molecule has 0 aromatic carbocycles. The molecule has 1 saturated heterocycles. The summed E-state index contributed by atoms with van der Waals surface area (Å²) < 4.78 is 0. The molecule has 1 aliphatic rings. The van der Waals surface area contributed by atoms with Crippen molar-refractivity contribution in [2.75, 3.05) is 18.6 Å². The van der Waals surface area contributed by atoms with Crippen LogP contribution in [0.25, 0.3) is 0 Å². The molecule has 1 aromatic rings. The van der Waals surface area contributed by atoms with Crippen molar-refractivity contribution >= 4 is 11.8 Å². The molecule has 1 aromatic heterocycles. The molecule has 0 amide bonds. The molecule has 94 valence electrons. The van der Waals surface area contributed by atoms with Crippen molar-refractivity contribution < 1.29 is 0 Å². The number of pyridine rings is 1. The van der Waals surface area contributed by atoms with Gasteiger partial charge in [0.25, 0.3) is 0 Å². The molecule has 0 radical (unpaired) electrons. The largest absolute Gasteiger partial charge is 0.300 e. The Morgan fingerprint density at radius 3 is 2.82 bits per heavy atom. The first kappa shape index (κ1) is 12.9. The molecule has 0 spiro atoms. The average Bonchev–Trinajstić information content (AvgIpc) is 2.40. The molecule has 0 aliphatic carbocycles. The molecule has 0 bridgehead atoms. The Balaban J connectivity index is 1.88. The molecule has 0 N–H and O–H groups in total. The van der Waals surface area contributed by atoms with Crippen LogP contribution in [-0.4, -0.2) is 40.5 Å². The summed E-state index contributed by atoms with van der Waals surface area (Å²) in [4.78, 5) is 6.97. The fraction of sp³-hybridized carbons (Fsp3) is 0.643. The highest BCUT2D eigenvalue weighted by molar-refractivity contribution is 7.99. The lowest BCUT2D eigenvalue weighted by Gasteiger charge is -2.35. The van der Waals surface area contributed by atoms with E-state index in [0.29, 0.717) is 6.04 Å². The highest BCUT2D eigenvalue weighted by Crippen LogP contribution is 2.22. The van der Waals surface area contributed by atoms with Crippen LogP contribution in [0.2, 0.25) is 0 Å². The van der Waals surface area contributed by atoms with E-state index >= 15 is 0 Å². The molecule has 17 heavy (non-hydrogen) atoms. The fourth-order valence-electron chi connectivity index (χ4n) is 2.42. The van der Waals surface area contributed by atoms with E-state index in [4.69, 9.17) is 0 Å². The Kier molecular flexibility index (Phi) is 4.86. The molecule has 1 aliphatic heterocycles. The zero-order valence-electron chi connectivity index (χ0n) is 10.8. The van der Waals surface area contributed by atoms with E-state index in [9.17, 15) is 0 Å². The van der Waals surface area contributed by atoms with E-state index in [0.717, 1.165) is 12.5 Å². The van der Waals surface area contributed by atoms with Gasteiger partial charge in [0.15, 0.2) is 0 Å². The molecule has 2 heterocycles. The minimum absolute atomic E-state index is 0.581. The minimum Gasteiger partial charge on any atom is -0.300 e. The van der Waals surface area contributed by atoms with Gasteiger partial charge in [0.2, 0.25) is 0 Å². The molecule has 0 saturated carbocycles. The van der Waals surface area contributed by atoms with Gasteiger partial charge >= 0.3 is 0 Å². The Bertz CT molecular complexity index is 322. The van der Waals surface area contributed by atoms with E-state index in [2.05, 4.69) is 47.7 Å². The van der Waals surface area contributed by atoms with Crippen molar-refractivity contribution in [2.24, 2.45) is 0 Å². The van der Waals surface area contributed by atoms with Crippen LogP contribution in [0.4, 0.5) is 0 Å². The maximum atomic E-state index is 4.42. The van der Waals surface area contributed by atoms with Gasteiger partial charge < -0.3 is 4.90 Å². The summed E-state index contributed by atoms with van der Waals surface area (Å²) in [7, 11) is 2.27. The van der Waals surface area contributed by atoms with Crippen molar-refractivity contribution in [1.29, 1.82) is 0 Å². The fourth-order valence-corrected chi connectivity index (χ4v) is 3.50. The summed E-state index contributed by atoms with van der Waals surface area (Å²) in [5.41, 5.74) is 1.21. The minimum atomic E-state index is 0.581. The van der Waals surface area contributed by atoms with Gasteiger partial charge in [-0.15, -0.1) is 0 Å². The Morgan fingerprint density at radius 1 is 1.41 bits per heavy atom. The molecule has 1 fully saturated rings. The summed E-state index contributed by atoms with van der Waals surface area (Å²) in [5.74, 6) is 2.65. The second-order valence-electron chi connectivity index (χ2n) is 4.88. The zero-order valence-corrected chi connectivity index (χ0v) is 11.6. The lowest BCUT2D eigenvalue weighted by Crippen LogP contribution is -2.41. The van der Waals surface area contributed by atoms with E-state index in [1.165, 1.54) is 30.0 Å². The van der Waals surface area contributed by atoms with Gasteiger partial charge in [-0.25, -0.2) is 0 Å². The highest BCUT2D eigenvalue weighted by atomic mass is 32.2. The Morgan fingerprint density at radius 2 is 2.18 bits per heavy atom. The Hall–Kier alpha value is -0.540. The number of nitrogens with zero attached hydrogens (tertiary/aromatic N) is 2. The van der Waals surface area contributed by atoms with Gasteiger partial charge in [-0.05, 0) is 50.5 Å². The maximum absolute atomic E-state index is 4.42. The molecule has 1 atom stereocenters. The van der Waals surface area contributed by atoms with Crippen molar-refractivity contribution in [3.05, 3.63) is 30.1 Å². The summed E-state index contributed by atoms with van der Waals surface area (Å²) in [6.45, 7) is 2.32. The number of hydrogen-bond acceptors (Lipinski definition) is 3.